The normalized spacial score (nSPS) is 19.9. The highest BCUT2D eigenvalue weighted by Crippen LogP contribution is 2.62. The second kappa shape index (κ2) is 11.9. The highest BCUT2D eigenvalue weighted by atomic mass is 79.9. The number of nitrogens with zero attached hydrogens (tertiary/aromatic N) is 2. The number of carbonyl (C=O) groups is 1. The van der Waals surface area contributed by atoms with Crippen molar-refractivity contribution < 1.29 is 21.8 Å². The van der Waals surface area contributed by atoms with Gasteiger partial charge < -0.3 is 21.9 Å². The lowest BCUT2D eigenvalue weighted by Gasteiger charge is -2.32. The Morgan fingerprint density at radius 3 is 1.61 bits per heavy atom. The Morgan fingerprint density at radius 1 is 0.632 bits per heavy atom. The molecule has 0 bridgehead atoms. The van der Waals surface area contributed by atoms with E-state index in [2.05, 4.69) is 131 Å². The van der Waals surface area contributed by atoms with Crippen LogP contribution in [0, 0.1) is 0 Å². The van der Waals surface area contributed by atoms with Crippen molar-refractivity contribution in [3.05, 3.63) is 127 Å². The van der Waals surface area contributed by atoms with Crippen LogP contribution < -0.4 is 32.9 Å². The first-order valence-corrected chi connectivity index (χ1v) is 15.2. The smallest absolute Gasteiger partial charge is 0.264 e. The fraction of sp³-hybridized carbons (Fsp3) is 0.242. The van der Waals surface area contributed by atoms with Crippen LogP contribution in [0.2, 0.25) is 0 Å². The molecule has 2 atom stereocenters. The standard InChI is InChI=1S/C33H34N2OP.BrH/c36-33-32(22-24-35(33)28-21-23-34(26-28)25-27-13-5-1-6-14-27)37(29-15-7-2-8-16-29,30-17-9-3-10-18-30)31-19-11-4-12-20-31;/h1-20,28,32H,21-26H2;1H/q+1;/p-1/t28?,32-;/m1./s1. The van der Waals surface area contributed by atoms with Gasteiger partial charge in [0.15, 0.2) is 5.66 Å². The molecule has 2 aliphatic rings. The molecule has 0 N–H and O–H groups in total. The number of rotatable bonds is 7. The minimum absolute atomic E-state index is 0. The van der Waals surface area contributed by atoms with E-state index >= 15 is 0 Å². The van der Waals surface area contributed by atoms with Gasteiger partial charge in [-0.15, -0.1) is 0 Å². The van der Waals surface area contributed by atoms with Crippen LogP contribution in [-0.4, -0.2) is 47.0 Å². The fourth-order valence-electron chi connectivity index (χ4n) is 6.44. The summed E-state index contributed by atoms with van der Waals surface area (Å²) in [6, 6.07) is 43.5. The Morgan fingerprint density at radius 2 is 1.11 bits per heavy atom. The van der Waals surface area contributed by atoms with Crippen molar-refractivity contribution in [2.45, 2.75) is 31.1 Å². The zero-order valence-electron chi connectivity index (χ0n) is 21.6. The van der Waals surface area contributed by atoms with E-state index < -0.39 is 7.26 Å². The van der Waals surface area contributed by atoms with Gasteiger partial charge >= 0.3 is 0 Å². The molecule has 2 fully saturated rings. The topological polar surface area (TPSA) is 23.6 Å². The lowest BCUT2D eigenvalue weighted by atomic mass is 10.2. The molecular formula is C33H34BrN2OP. The molecule has 4 aromatic rings. The van der Waals surface area contributed by atoms with E-state index in [0.717, 1.165) is 39.0 Å². The van der Waals surface area contributed by atoms with E-state index in [1.165, 1.54) is 21.5 Å². The summed E-state index contributed by atoms with van der Waals surface area (Å²) in [6.45, 7) is 3.81. The molecule has 0 radical (unpaired) electrons. The molecule has 5 heteroatoms. The monoisotopic (exact) mass is 584 g/mol. The number of hydrogen-bond donors (Lipinski definition) is 0. The molecule has 1 amide bonds. The summed E-state index contributed by atoms with van der Waals surface area (Å²) in [7, 11) is -2.21. The zero-order valence-corrected chi connectivity index (χ0v) is 24.1. The number of carbonyl (C=O) groups excluding carboxylic acids is 1. The summed E-state index contributed by atoms with van der Waals surface area (Å²) >= 11 is 0. The number of amides is 1. The van der Waals surface area contributed by atoms with E-state index in [1.54, 1.807) is 0 Å². The van der Waals surface area contributed by atoms with Gasteiger partial charge in [0.2, 0.25) is 0 Å². The van der Waals surface area contributed by atoms with Crippen LogP contribution in [0.1, 0.15) is 18.4 Å². The largest absolute Gasteiger partial charge is 1.00 e. The van der Waals surface area contributed by atoms with E-state index in [-0.39, 0.29) is 22.6 Å². The number of likely N-dealkylation sites (tertiary alicyclic amines) is 2. The third kappa shape index (κ3) is 4.98. The molecule has 6 rings (SSSR count). The average Bonchev–Trinajstić information content (AvgIpc) is 3.58. The quantitative estimate of drug-likeness (QED) is 0.310. The molecular weight excluding hydrogens is 551 g/mol. The Labute approximate surface area is 237 Å². The van der Waals surface area contributed by atoms with Crippen molar-refractivity contribution in [2.24, 2.45) is 0 Å². The third-order valence-electron chi connectivity index (χ3n) is 8.11. The third-order valence-corrected chi connectivity index (χ3v) is 12.9. The second-order valence-corrected chi connectivity index (χ2v) is 13.8. The second-order valence-electron chi connectivity index (χ2n) is 10.2. The first-order valence-electron chi connectivity index (χ1n) is 13.4. The summed E-state index contributed by atoms with van der Waals surface area (Å²) in [5.74, 6) is 0.344. The van der Waals surface area contributed by atoms with Crippen LogP contribution in [0.3, 0.4) is 0 Å². The Balaban J connectivity index is 0.00000294. The molecule has 0 spiro atoms. The minimum atomic E-state index is -2.21. The van der Waals surface area contributed by atoms with Gasteiger partial charge in [0.1, 0.15) is 23.2 Å². The highest BCUT2D eigenvalue weighted by molar-refractivity contribution is 7.96. The first kappa shape index (κ1) is 26.8. The molecule has 194 valence electrons. The predicted octanol–water partition coefficient (Wildman–Crippen LogP) is 1.86. The molecule has 38 heavy (non-hydrogen) atoms. The van der Waals surface area contributed by atoms with Crippen LogP contribution in [0.25, 0.3) is 0 Å². The van der Waals surface area contributed by atoms with Gasteiger partial charge in [-0.1, -0.05) is 84.9 Å². The van der Waals surface area contributed by atoms with Crippen LogP contribution >= 0.6 is 7.26 Å². The molecule has 1 unspecified atom stereocenters. The molecule has 4 aromatic carbocycles. The zero-order chi connectivity index (χ0) is 25.1. The molecule has 0 aromatic heterocycles. The number of benzene rings is 4. The van der Waals surface area contributed by atoms with Gasteiger partial charge in [0.25, 0.3) is 5.91 Å². The van der Waals surface area contributed by atoms with Gasteiger partial charge in [0, 0.05) is 38.6 Å². The van der Waals surface area contributed by atoms with Gasteiger partial charge in [-0.05, 0) is 48.4 Å². The highest BCUT2D eigenvalue weighted by Gasteiger charge is 2.59. The van der Waals surface area contributed by atoms with Gasteiger partial charge in [-0.3, -0.25) is 9.69 Å². The van der Waals surface area contributed by atoms with E-state index in [0.29, 0.717) is 11.9 Å². The molecule has 2 aliphatic heterocycles. The number of hydrogen-bond acceptors (Lipinski definition) is 2. The lowest BCUT2D eigenvalue weighted by Crippen LogP contribution is -3.00. The Hall–Kier alpha value is -2.78. The average molecular weight is 586 g/mol. The fourth-order valence-corrected chi connectivity index (χ4v) is 11.3. The molecule has 3 nitrogen and oxygen atoms in total. The van der Waals surface area contributed by atoms with Crippen molar-refractivity contribution in [3.8, 4) is 0 Å². The number of halogens is 1. The Bertz CT molecular complexity index is 1220. The molecule has 0 aliphatic carbocycles. The maximum atomic E-state index is 14.5. The SMILES string of the molecule is O=C1[C@H]([P+](c2ccccc2)(c2ccccc2)c2ccccc2)CCN1C1CCN(Cc2ccccc2)C1.[Br-]. The van der Waals surface area contributed by atoms with Crippen molar-refractivity contribution in [2.75, 3.05) is 19.6 Å². The maximum Gasteiger partial charge on any atom is 0.264 e. The van der Waals surface area contributed by atoms with E-state index in [9.17, 15) is 4.79 Å². The predicted molar refractivity (Wildman–Crippen MR) is 155 cm³/mol. The summed E-state index contributed by atoms with van der Waals surface area (Å²) in [5.41, 5.74) is 1.30. The van der Waals surface area contributed by atoms with Crippen molar-refractivity contribution in [1.82, 2.24) is 9.80 Å². The lowest BCUT2D eigenvalue weighted by molar-refractivity contribution is -0.129. The first-order chi connectivity index (χ1) is 18.3. The maximum absolute atomic E-state index is 14.5. The van der Waals surface area contributed by atoms with Crippen LogP contribution in [0.15, 0.2) is 121 Å². The molecule has 2 heterocycles. The molecule has 2 saturated heterocycles. The van der Waals surface area contributed by atoms with Crippen LogP contribution in [-0.2, 0) is 11.3 Å². The van der Waals surface area contributed by atoms with Crippen molar-refractivity contribution >= 4 is 29.1 Å². The van der Waals surface area contributed by atoms with Crippen molar-refractivity contribution in [3.63, 3.8) is 0 Å². The van der Waals surface area contributed by atoms with Gasteiger partial charge in [-0.25, -0.2) is 0 Å². The minimum Gasteiger partial charge on any atom is -1.00 e. The Kier molecular flexibility index (Phi) is 8.43. The van der Waals surface area contributed by atoms with Crippen LogP contribution in [0.5, 0.6) is 0 Å². The van der Waals surface area contributed by atoms with Crippen molar-refractivity contribution in [1.29, 1.82) is 0 Å². The van der Waals surface area contributed by atoms with Gasteiger partial charge in [-0.2, -0.15) is 0 Å². The van der Waals surface area contributed by atoms with E-state index in [4.69, 9.17) is 0 Å². The van der Waals surface area contributed by atoms with E-state index in [1.807, 2.05) is 0 Å². The van der Waals surface area contributed by atoms with Crippen LogP contribution in [0.4, 0.5) is 0 Å². The summed E-state index contributed by atoms with van der Waals surface area (Å²) in [6.07, 6.45) is 1.96. The molecule has 0 saturated carbocycles. The summed E-state index contributed by atoms with van der Waals surface area (Å²) < 4.78 is 0. The summed E-state index contributed by atoms with van der Waals surface area (Å²) in [4.78, 5) is 19.2. The summed E-state index contributed by atoms with van der Waals surface area (Å²) in [5, 5.41) is 3.89. The van der Waals surface area contributed by atoms with Gasteiger partial charge in [0.05, 0.1) is 0 Å².